The number of hydrogen-bond donors (Lipinski definition) is 3. The van der Waals surface area contributed by atoms with Gasteiger partial charge in [-0.05, 0) is 49.2 Å². The Morgan fingerprint density at radius 2 is 1.88 bits per heavy atom. The second-order valence-corrected chi connectivity index (χ2v) is 9.83. The van der Waals surface area contributed by atoms with Crippen LogP contribution in [-0.4, -0.2) is 54.8 Å². The minimum atomic E-state index is -3.25. The third-order valence-electron chi connectivity index (χ3n) is 5.18. The molecule has 0 bridgehead atoms. The minimum absolute atomic E-state index is 0.0302. The topological polar surface area (TPSA) is 129 Å². The molecule has 1 atom stereocenters. The molecule has 0 unspecified atom stereocenters. The van der Waals surface area contributed by atoms with E-state index in [4.69, 9.17) is 0 Å². The fourth-order valence-corrected chi connectivity index (χ4v) is 4.22. The molecular weight excluding hydrogens is 442 g/mol. The van der Waals surface area contributed by atoms with Gasteiger partial charge in [0.25, 0.3) is 0 Å². The van der Waals surface area contributed by atoms with E-state index < -0.39 is 9.84 Å². The molecule has 0 saturated carbocycles. The molecule has 1 fully saturated rings. The predicted octanol–water partition coefficient (Wildman–Crippen LogP) is 2.81. The fourth-order valence-electron chi connectivity index (χ4n) is 3.59. The van der Waals surface area contributed by atoms with Gasteiger partial charge in [-0.3, -0.25) is 9.97 Å². The van der Waals surface area contributed by atoms with Crippen LogP contribution in [0.25, 0.3) is 0 Å². The number of amides is 2. The summed E-state index contributed by atoms with van der Waals surface area (Å²) in [6.07, 6.45) is 9.49. The lowest BCUT2D eigenvalue weighted by molar-refractivity contribution is 0.246. The molecule has 2 aromatic heterocycles. The standard InChI is InChI=1S/C22H25N7O3S/c1-33(31,32)19-8-6-16(7-9-19)25-20-13-24-14-21(28-20)29-11-3-5-18(15-29)27-22(30)26-17-4-2-10-23-12-17/h2,4,6-10,12-14,18H,3,5,11,15H2,1H3,(H,25,28)(H2,26,27,30)/t18-/m1/s1. The van der Waals surface area contributed by atoms with Gasteiger partial charge in [0, 0.05) is 37.3 Å². The maximum Gasteiger partial charge on any atom is 0.319 e. The maximum absolute atomic E-state index is 12.3. The zero-order valence-corrected chi connectivity index (χ0v) is 18.9. The van der Waals surface area contributed by atoms with Crippen LogP contribution < -0.4 is 20.9 Å². The highest BCUT2D eigenvalue weighted by Gasteiger charge is 2.23. The summed E-state index contributed by atoms with van der Waals surface area (Å²) < 4.78 is 23.3. The van der Waals surface area contributed by atoms with E-state index >= 15 is 0 Å². The first-order chi connectivity index (χ1) is 15.9. The number of carbonyl (C=O) groups is 1. The van der Waals surface area contributed by atoms with Gasteiger partial charge in [0.2, 0.25) is 0 Å². The Hall–Kier alpha value is -3.73. The van der Waals surface area contributed by atoms with Crippen LogP contribution in [0.4, 0.5) is 27.8 Å². The highest BCUT2D eigenvalue weighted by atomic mass is 32.2. The maximum atomic E-state index is 12.3. The van der Waals surface area contributed by atoms with E-state index in [0.29, 0.717) is 29.6 Å². The average Bonchev–Trinajstić information content (AvgIpc) is 2.80. The summed E-state index contributed by atoms with van der Waals surface area (Å²) >= 11 is 0. The second kappa shape index (κ2) is 9.82. The van der Waals surface area contributed by atoms with Crippen LogP contribution in [0.15, 0.2) is 66.1 Å². The molecule has 2 amide bonds. The third kappa shape index (κ3) is 6.16. The first-order valence-corrected chi connectivity index (χ1v) is 12.4. The Kier molecular flexibility index (Phi) is 6.68. The zero-order valence-electron chi connectivity index (χ0n) is 18.1. The number of rotatable bonds is 6. The molecule has 11 heteroatoms. The highest BCUT2D eigenvalue weighted by molar-refractivity contribution is 7.90. The molecule has 3 heterocycles. The summed E-state index contributed by atoms with van der Waals surface area (Å²) in [6, 6.07) is 9.71. The van der Waals surface area contributed by atoms with E-state index in [1.54, 1.807) is 61.2 Å². The molecule has 10 nitrogen and oxygen atoms in total. The van der Waals surface area contributed by atoms with Crippen molar-refractivity contribution in [3.05, 3.63) is 61.2 Å². The van der Waals surface area contributed by atoms with E-state index in [2.05, 4.69) is 35.8 Å². The van der Waals surface area contributed by atoms with Gasteiger partial charge in [0.05, 0.1) is 29.2 Å². The smallest absolute Gasteiger partial charge is 0.319 e. The van der Waals surface area contributed by atoms with E-state index in [9.17, 15) is 13.2 Å². The van der Waals surface area contributed by atoms with E-state index in [-0.39, 0.29) is 17.0 Å². The van der Waals surface area contributed by atoms with Crippen LogP contribution in [-0.2, 0) is 9.84 Å². The summed E-state index contributed by atoms with van der Waals surface area (Å²) in [5.74, 6) is 1.25. The summed E-state index contributed by atoms with van der Waals surface area (Å²) in [5, 5.41) is 8.95. The Bertz CT molecular complexity index is 1200. The van der Waals surface area contributed by atoms with Gasteiger partial charge in [-0.2, -0.15) is 0 Å². The van der Waals surface area contributed by atoms with E-state index in [0.717, 1.165) is 19.4 Å². The lowest BCUT2D eigenvalue weighted by atomic mass is 10.1. The minimum Gasteiger partial charge on any atom is -0.353 e. The normalized spacial score (nSPS) is 16.2. The molecule has 172 valence electrons. The molecule has 1 aliphatic rings. The number of sulfone groups is 1. The number of urea groups is 1. The van der Waals surface area contributed by atoms with Crippen molar-refractivity contribution in [2.75, 3.05) is 34.9 Å². The van der Waals surface area contributed by atoms with Crippen molar-refractivity contribution in [2.24, 2.45) is 0 Å². The van der Waals surface area contributed by atoms with Crippen molar-refractivity contribution < 1.29 is 13.2 Å². The molecule has 0 spiro atoms. The SMILES string of the molecule is CS(=O)(=O)c1ccc(Nc2cncc(N3CCC[C@@H](NC(=O)Nc4cccnc4)C3)n2)cc1. The van der Waals surface area contributed by atoms with Crippen LogP contribution in [0, 0.1) is 0 Å². The molecule has 0 radical (unpaired) electrons. The monoisotopic (exact) mass is 467 g/mol. The largest absolute Gasteiger partial charge is 0.353 e. The first-order valence-electron chi connectivity index (χ1n) is 10.5. The van der Waals surface area contributed by atoms with Gasteiger partial charge < -0.3 is 20.9 Å². The molecule has 1 aliphatic heterocycles. The van der Waals surface area contributed by atoms with Crippen molar-refractivity contribution in [1.29, 1.82) is 0 Å². The van der Waals surface area contributed by atoms with Crippen LogP contribution in [0.3, 0.4) is 0 Å². The Morgan fingerprint density at radius 1 is 1.06 bits per heavy atom. The summed E-state index contributed by atoms with van der Waals surface area (Å²) in [6.45, 7) is 1.42. The number of aromatic nitrogens is 3. The Labute approximate surface area is 192 Å². The second-order valence-electron chi connectivity index (χ2n) is 7.81. The van der Waals surface area contributed by atoms with Crippen molar-refractivity contribution in [1.82, 2.24) is 20.3 Å². The quantitative estimate of drug-likeness (QED) is 0.505. The number of nitrogens with zero attached hydrogens (tertiary/aromatic N) is 4. The van der Waals surface area contributed by atoms with Gasteiger partial charge in [-0.15, -0.1) is 0 Å². The van der Waals surface area contributed by atoms with Crippen LogP contribution in [0.2, 0.25) is 0 Å². The molecule has 1 aromatic carbocycles. The van der Waals surface area contributed by atoms with E-state index in [1.807, 2.05) is 0 Å². The Balaban J connectivity index is 1.37. The average molecular weight is 468 g/mol. The molecule has 33 heavy (non-hydrogen) atoms. The van der Waals surface area contributed by atoms with Crippen molar-refractivity contribution in [3.63, 3.8) is 0 Å². The number of benzene rings is 1. The molecular formula is C22H25N7O3S. The zero-order chi connectivity index (χ0) is 23.3. The number of nitrogens with one attached hydrogen (secondary N) is 3. The summed E-state index contributed by atoms with van der Waals surface area (Å²) in [5.41, 5.74) is 1.34. The summed E-state index contributed by atoms with van der Waals surface area (Å²) in [4.78, 5) is 27.6. The van der Waals surface area contributed by atoms with Gasteiger partial charge in [0.1, 0.15) is 5.82 Å². The number of carbonyl (C=O) groups excluding carboxylic acids is 1. The molecule has 4 rings (SSSR count). The first kappa shape index (κ1) is 22.5. The molecule has 3 N–H and O–H groups in total. The molecule has 0 aliphatic carbocycles. The van der Waals surface area contributed by atoms with Crippen LogP contribution in [0.5, 0.6) is 0 Å². The van der Waals surface area contributed by atoms with Crippen molar-refractivity contribution in [3.8, 4) is 0 Å². The highest BCUT2D eigenvalue weighted by Crippen LogP contribution is 2.22. The number of pyridine rings is 1. The lowest BCUT2D eigenvalue weighted by Gasteiger charge is -2.33. The predicted molar refractivity (Wildman–Crippen MR) is 126 cm³/mol. The molecule has 1 saturated heterocycles. The fraction of sp³-hybridized carbons (Fsp3) is 0.273. The van der Waals surface area contributed by atoms with Gasteiger partial charge in [0.15, 0.2) is 15.7 Å². The van der Waals surface area contributed by atoms with E-state index in [1.165, 1.54) is 6.26 Å². The van der Waals surface area contributed by atoms with Gasteiger partial charge in [-0.1, -0.05) is 0 Å². The van der Waals surface area contributed by atoms with Crippen LogP contribution in [0.1, 0.15) is 12.8 Å². The number of anilines is 4. The third-order valence-corrected chi connectivity index (χ3v) is 6.31. The summed E-state index contributed by atoms with van der Waals surface area (Å²) in [7, 11) is -3.25. The van der Waals surface area contributed by atoms with Crippen molar-refractivity contribution >= 4 is 38.9 Å². The van der Waals surface area contributed by atoms with Crippen LogP contribution >= 0.6 is 0 Å². The Morgan fingerprint density at radius 3 is 2.61 bits per heavy atom. The van der Waals surface area contributed by atoms with Gasteiger partial charge in [-0.25, -0.2) is 18.2 Å². The number of hydrogen-bond acceptors (Lipinski definition) is 8. The number of piperidine rings is 1. The molecule has 3 aromatic rings. The van der Waals surface area contributed by atoms with Gasteiger partial charge >= 0.3 is 6.03 Å². The lowest BCUT2D eigenvalue weighted by Crippen LogP contribution is -2.49. The van der Waals surface area contributed by atoms with Crippen molar-refractivity contribution in [2.45, 2.75) is 23.8 Å².